The van der Waals surface area contributed by atoms with E-state index in [4.69, 9.17) is 0 Å². The van der Waals surface area contributed by atoms with Crippen molar-refractivity contribution in [2.24, 2.45) is 5.92 Å². The maximum absolute atomic E-state index is 12.8. The minimum Gasteiger partial charge on any atom is -0.385 e. The Morgan fingerprint density at radius 1 is 1.30 bits per heavy atom. The predicted molar refractivity (Wildman–Crippen MR) is 91.8 cm³/mol. The smallest absolute Gasteiger partial charge is 0.226 e. The zero-order chi connectivity index (χ0) is 16.6. The first-order chi connectivity index (χ1) is 10.9. The van der Waals surface area contributed by atoms with Crippen molar-refractivity contribution in [2.45, 2.75) is 63.6 Å². The number of allylic oxidation sites excluding steroid dienone is 1. The number of aliphatic hydroxyl groups is 1. The maximum Gasteiger partial charge on any atom is 0.226 e. The maximum atomic E-state index is 12.8. The summed E-state index contributed by atoms with van der Waals surface area (Å²) in [6.07, 6.45) is 4.06. The third kappa shape index (κ3) is 3.07. The summed E-state index contributed by atoms with van der Waals surface area (Å²) in [5.74, 6) is 0.217. The first-order valence-electron chi connectivity index (χ1n) is 8.65. The average molecular weight is 313 g/mol. The molecule has 1 aromatic rings. The van der Waals surface area contributed by atoms with Gasteiger partial charge in [-0.1, -0.05) is 42.8 Å². The lowest BCUT2D eigenvalue weighted by atomic mass is 9.80. The molecule has 2 saturated heterocycles. The highest BCUT2D eigenvalue weighted by molar-refractivity contribution is 5.80. The lowest BCUT2D eigenvalue weighted by Gasteiger charge is -2.45. The summed E-state index contributed by atoms with van der Waals surface area (Å²) in [5.41, 5.74) is 1.25. The predicted octanol–water partition coefficient (Wildman–Crippen LogP) is 3.63. The van der Waals surface area contributed by atoms with Crippen LogP contribution in [0.5, 0.6) is 0 Å². The first kappa shape index (κ1) is 16.3. The second-order valence-electron chi connectivity index (χ2n) is 7.50. The fourth-order valence-corrected chi connectivity index (χ4v) is 4.43. The molecule has 2 heterocycles. The van der Waals surface area contributed by atoms with Crippen LogP contribution in [-0.2, 0) is 10.4 Å². The molecule has 23 heavy (non-hydrogen) atoms. The summed E-state index contributed by atoms with van der Waals surface area (Å²) >= 11 is 0. The normalized spacial score (nSPS) is 31.0. The van der Waals surface area contributed by atoms with Gasteiger partial charge in [0.1, 0.15) is 0 Å². The number of fused-ring (bicyclic) bond motifs is 2. The van der Waals surface area contributed by atoms with E-state index in [-0.39, 0.29) is 23.9 Å². The first-order valence-corrected chi connectivity index (χ1v) is 8.65. The van der Waals surface area contributed by atoms with E-state index in [1.807, 2.05) is 44.2 Å². The Morgan fingerprint density at radius 3 is 2.39 bits per heavy atom. The molecule has 3 heteroatoms. The number of hydrogen-bond donors (Lipinski definition) is 1. The second kappa shape index (κ2) is 6.12. The highest BCUT2D eigenvalue weighted by Gasteiger charge is 2.50. The van der Waals surface area contributed by atoms with Crippen LogP contribution in [0.25, 0.3) is 0 Å². The van der Waals surface area contributed by atoms with Crippen LogP contribution in [0.2, 0.25) is 0 Å². The zero-order valence-electron chi connectivity index (χ0n) is 14.2. The van der Waals surface area contributed by atoms with Crippen LogP contribution in [0.1, 0.15) is 51.5 Å². The molecule has 1 aromatic carbocycles. The quantitative estimate of drug-likeness (QED) is 0.862. The fourth-order valence-electron chi connectivity index (χ4n) is 4.43. The third-order valence-corrected chi connectivity index (χ3v) is 5.41. The molecule has 1 amide bonds. The van der Waals surface area contributed by atoms with Crippen LogP contribution in [0.15, 0.2) is 42.5 Å². The Balaban J connectivity index is 1.77. The summed E-state index contributed by atoms with van der Waals surface area (Å²) in [7, 11) is 0. The lowest BCUT2D eigenvalue weighted by Crippen LogP contribution is -2.53. The SMILES string of the molecule is C=C(C)C[C@@H](C)C(=O)N1[C@H]2CC[C@H]1CC(O)(c1ccccc1)C2. The van der Waals surface area contributed by atoms with Gasteiger partial charge >= 0.3 is 0 Å². The van der Waals surface area contributed by atoms with Crippen LogP contribution < -0.4 is 0 Å². The van der Waals surface area contributed by atoms with Gasteiger partial charge < -0.3 is 10.0 Å². The standard InChI is InChI=1S/C20H27NO2/c1-14(2)11-15(3)19(22)21-17-9-10-18(21)13-20(23,12-17)16-7-5-4-6-8-16/h4-8,15,17-18,23H,1,9-13H2,2-3H3/t15-,17+,18+/m1/s1. The number of hydrogen-bond acceptors (Lipinski definition) is 2. The minimum absolute atomic E-state index is 0.0153. The topological polar surface area (TPSA) is 40.5 Å². The van der Waals surface area contributed by atoms with Crippen molar-refractivity contribution >= 4 is 5.91 Å². The van der Waals surface area contributed by atoms with E-state index in [0.717, 1.165) is 30.4 Å². The van der Waals surface area contributed by atoms with Gasteiger partial charge in [0.15, 0.2) is 0 Å². The van der Waals surface area contributed by atoms with E-state index in [2.05, 4.69) is 11.5 Å². The molecular weight excluding hydrogens is 286 g/mol. The molecule has 3 atom stereocenters. The number of nitrogens with zero attached hydrogens (tertiary/aromatic N) is 1. The van der Waals surface area contributed by atoms with Crippen molar-refractivity contribution in [3.63, 3.8) is 0 Å². The molecule has 2 fully saturated rings. The summed E-state index contributed by atoms with van der Waals surface area (Å²) in [6.45, 7) is 7.90. The van der Waals surface area contributed by atoms with Crippen LogP contribution in [0.4, 0.5) is 0 Å². The summed E-state index contributed by atoms with van der Waals surface area (Å²) < 4.78 is 0. The molecule has 3 rings (SSSR count). The molecule has 0 saturated carbocycles. The van der Waals surface area contributed by atoms with Gasteiger partial charge in [0.05, 0.1) is 5.60 Å². The van der Waals surface area contributed by atoms with Crippen molar-refractivity contribution in [1.82, 2.24) is 4.90 Å². The van der Waals surface area contributed by atoms with Gasteiger partial charge in [0, 0.05) is 30.8 Å². The molecular formula is C20H27NO2. The monoisotopic (exact) mass is 313 g/mol. The van der Waals surface area contributed by atoms with Gasteiger partial charge in [0.25, 0.3) is 0 Å². The number of rotatable bonds is 4. The molecule has 3 nitrogen and oxygen atoms in total. The number of amides is 1. The number of piperidine rings is 1. The van der Waals surface area contributed by atoms with Gasteiger partial charge in [-0.15, -0.1) is 6.58 Å². The van der Waals surface area contributed by atoms with Crippen molar-refractivity contribution in [1.29, 1.82) is 0 Å². The molecule has 2 aliphatic heterocycles. The number of carbonyl (C=O) groups is 1. The largest absolute Gasteiger partial charge is 0.385 e. The number of carbonyl (C=O) groups excluding carboxylic acids is 1. The molecule has 0 spiro atoms. The van der Waals surface area contributed by atoms with Crippen LogP contribution >= 0.6 is 0 Å². The Morgan fingerprint density at radius 2 is 1.87 bits per heavy atom. The Labute approximate surface area is 139 Å². The van der Waals surface area contributed by atoms with Gasteiger partial charge in [-0.05, 0) is 31.7 Å². The van der Waals surface area contributed by atoms with E-state index in [1.165, 1.54) is 0 Å². The molecule has 1 N–H and O–H groups in total. The van der Waals surface area contributed by atoms with E-state index < -0.39 is 5.60 Å². The van der Waals surface area contributed by atoms with E-state index in [9.17, 15) is 9.90 Å². The van der Waals surface area contributed by atoms with Gasteiger partial charge in [-0.25, -0.2) is 0 Å². The van der Waals surface area contributed by atoms with Gasteiger partial charge in [0.2, 0.25) is 5.91 Å². The Bertz CT molecular complexity index is 581. The highest BCUT2D eigenvalue weighted by atomic mass is 16.3. The average Bonchev–Trinajstić information content (AvgIpc) is 2.79. The zero-order valence-corrected chi connectivity index (χ0v) is 14.2. The van der Waals surface area contributed by atoms with Crippen LogP contribution in [0, 0.1) is 5.92 Å². The molecule has 0 unspecified atom stereocenters. The molecule has 2 bridgehead atoms. The second-order valence-corrected chi connectivity index (χ2v) is 7.50. The molecule has 0 radical (unpaired) electrons. The summed E-state index contributed by atoms with van der Waals surface area (Å²) in [4.78, 5) is 14.9. The lowest BCUT2D eigenvalue weighted by molar-refractivity contribution is -0.145. The van der Waals surface area contributed by atoms with Crippen molar-refractivity contribution in [2.75, 3.05) is 0 Å². The van der Waals surface area contributed by atoms with E-state index >= 15 is 0 Å². The molecule has 124 valence electrons. The van der Waals surface area contributed by atoms with Crippen LogP contribution in [-0.4, -0.2) is 28.0 Å². The van der Waals surface area contributed by atoms with Crippen molar-refractivity contribution in [3.8, 4) is 0 Å². The molecule has 2 aliphatic rings. The number of benzene rings is 1. The fraction of sp³-hybridized carbons (Fsp3) is 0.550. The van der Waals surface area contributed by atoms with Gasteiger partial charge in [-0.3, -0.25) is 4.79 Å². The Hall–Kier alpha value is -1.61. The van der Waals surface area contributed by atoms with Crippen molar-refractivity contribution in [3.05, 3.63) is 48.0 Å². The highest BCUT2D eigenvalue weighted by Crippen LogP contribution is 2.46. The van der Waals surface area contributed by atoms with E-state index in [0.29, 0.717) is 12.8 Å². The summed E-state index contributed by atoms with van der Waals surface area (Å²) in [6, 6.07) is 10.3. The summed E-state index contributed by atoms with van der Waals surface area (Å²) in [5, 5.41) is 11.2. The molecule has 0 aliphatic carbocycles. The Kier molecular flexibility index (Phi) is 4.33. The third-order valence-electron chi connectivity index (χ3n) is 5.41. The van der Waals surface area contributed by atoms with Gasteiger partial charge in [-0.2, -0.15) is 0 Å². The minimum atomic E-state index is -0.790. The molecule has 0 aromatic heterocycles. The van der Waals surface area contributed by atoms with Crippen LogP contribution in [0.3, 0.4) is 0 Å². The van der Waals surface area contributed by atoms with E-state index in [1.54, 1.807) is 0 Å². The van der Waals surface area contributed by atoms with Crippen molar-refractivity contribution < 1.29 is 9.90 Å².